The number of hydrogen-bond acceptors (Lipinski definition) is 3. The van der Waals surface area contributed by atoms with Crippen molar-refractivity contribution in [2.24, 2.45) is 11.1 Å². The summed E-state index contributed by atoms with van der Waals surface area (Å²) in [5.41, 5.74) is 7.49. The van der Waals surface area contributed by atoms with Gasteiger partial charge in [0.1, 0.15) is 5.75 Å². The number of hydrogen-bond donors (Lipinski definition) is 1. The average Bonchev–Trinajstić information content (AvgIpc) is 2.94. The third-order valence-corrected chi connectivity index (χ3v) is 4.19. The number of nitrogens with two attached hydrogens (primary N) is 1. The first kappa shape index (κ1) is 15.3. The van der Waals surface area contributed by atoms with Gasteiger partial charge in [0.15, 0.2) is 0 Å². The van der Waals surface area contributed by atoms with Crippen molar-refractivity contribution in [3.8, 4) is 5.75 Å². The predicted octanol–water partition coefficient (Wildman–Crippen LogP) is 2.69. The van der Waals surface area contributed by atoms with Crippen LogP contribution in [0.3, 0.4) is 0 Å². The third-order valence-electron chi connectivity index (χ3n) is 4.19. The van der Waals surface area contributed by atoms with Crippen LogP contribution in [0.4, 0.5) is 0 Å². The number of ether oxygens (including phenoxy) is 1. The summed E-state index contributed by atoms with van der Waals surface area (Å²) in [4.78, 5) is 2.55. The van der Waals surface area contributed by atoms with Crippen LogP contribution in [0.1, 0.15) is 32.3 Å². The Labute approximate surface area is 123 Å². The van der Waals surface area contributed by atoms with E-state index in [1.54, 1.807) is 0 Å². The Kier molecular flexibility index (Phi) is 5.44. The molecule has 1 heterocycles. The molecule has 1 aliphatic rings. The average molecular weight is 276 g/mol. The first-order valence-electron chi connectivity index (χ1n) is 7.80. The van der Waals surface area contributed by atoms with Crippen LogP contribution >= 0.6 is 0 Å². The highest BCUT2D eigenvalue weighted by atomic mass is 16.5. The molecule has 1 atom stereocenters. The molecule has 3 nitrogen and oxygen atoms in total. The first-order chi connectivity index (χ1) is 9.67. The van der Waals surface area contributed by atoms with Gasteiger partial charge in [-0.25, -0.2) is 0 Å². The summed E-state index contributed by atoms with van der Waals surface area (Å²) in [6.07, 6.45) is 3.64. The molecule has 0 aromatic heterocycles. The van der Waals surface area contributed by atoms with E-state index >= 15 is 0 Å². The van der Waals surface area contributed by atoms with Gasteiger partial charge >= 0.3 is 0 Å². The lowest BCUT2D eigenvalue weighted by atomic mass is 9.83. The van der Waals surface area contributed by atoms with Crippen molar-refractivity contribution in [2.75, 3.05) is 32.8 Å². The molecule has 1 aromatic carbocycles. The maximum atomic E-state index is 6.09. The zero-order chi connectivity index (χ0) is 14.4. The number of benzene rings is 1. The maximum Gasteiger partial charge on any atom is 0.122 e. The zero-order valence-corrected chi connectivity index (χ0v) is 12.9. The Morgan fingerprint density at radius 2 is 1.95 bits per heavy atom. The van der Waals surface area contributed by atoms with Crippen molar-refractivity contribution in [2.45, 2.75) is 33.1 Å². The van der Waals surface area contributed by atoms with Crippen LogP contribution in [0, 0.1) is 5.41 Å². The quantitative estimate of drug-likeness (QED) is 0.832. The highest BCUT2D eigenvalue weighted by Gasteiger charge is 2.28. The van der Waals surface area contributed by atoms with Crippen LogP contribution in [0.15, 0.2) is 24.3 Å². The first-order valence-corrected chi connectivity index (χ1v) is 7.80. The second kappa shape index (κ2) is 7.09. The van der Waals surface area contributed by atoms with E-state index in [-0.39, 0.29) is 5.41 Å². The molecule has 0 radical (unpaired) electrons. The SMILES string of the molecule is CCOc1ccccc1CC(C)(CN)CN1CCCC1. The number of rotatable bonds is 7. The van der Waals surface area contributed by atoms with Crippen molar-refractivity contribution in [1.29, 1.82) is 0 Å². The standard InChI is InChI=1S/C17H28N2O/c1-3-20-16-9-5-4-8-15(16)12-17(2,13-18)14-19-10-6-7-11-19/h4-5,8-9H,3,6-7,10-14,18H2,1-2H3. The smallest absolute Gasteiger partial charge is 0.122 e. The summed E-state index contributed by atoms with van der Waals surface area (Å²) in [5, 5.41) is 0. The van der Waals surface area contributed by atoms with Gasteiger partial charge in [0.25, 0.3) is 0 Å². The van der Waals surface area contributed by atoms with Crippen LogP contribution in [0.5, 0.6) is 5.75 Å². The van der Waals surface area contributed by atoms with Crippen molar-refractivity contribution < 1.29 is 4.74 Å². The number of nitrogens with zero attached hydrogens (tertiary/aromatic N) is 1. The molecule has 0 bridgehead atoms. The molecule has 112 valence electrons. The molecule has 0 aliphatic carbocycles. The minimum atomic E-state index is 0.123. The van der Waals surface area contributed by atoms with Crippen molar-refractivity contribution in [1.82, 2.24) is 4.90 Å². The zero-order valence-electron chi connectivity index (χ0n) is 12.9. The van der Waals surface area contributed by atoms with E-state index in [9.17, 15) is 0 Å². The van der Waals surface area contributed by atoms with Gasteiger partial charge in [-0.05, 0) is 62.9 Å². The Morgan fingerprint density at radius 1 is 1.25 bits per heavy atom. The Morgan fingerprint density at radius 3 is 2.60 bits per heavy atom. The second-order valence-corrected chi connectivity index (χ2v) is 6.22. The van der Waals surface area contributed by atoms with E-state index < -0.39 is 0 Å². The number of para-hydroxylation sites is 1. The molecule has 0 saturated carbocycles. The molecule has 0 amide bonds. The molecule has 2 N–H and O–H groups in total. The molecule has 1 saturated heterocycles. The summed E-state index contributed by atoms with van der Waals surface area (Å²) in [6, 6.07) is 8.36. The lowest BCUT2D eigenvalue weighted by molar-refractivity contribution is 0.194. The van der Waals surface area contributed by atoms with E-state index in [4.69, 9.17) is 10.5 Å². The van der Waals surface area contributed by atoms with Crippen molar-refractivity contribution in [3.63, 3.8) is 0 Å². The Balaban J connectivity index is 2.07. The minimum absolute atomic E-state index is 0.123. The van der Waals surface area contributed by atoms with Gasteiger partial charge in [-0.15, -0.1) is 0 Å². The Bertz CT molecular complexity index is 415. The molecule has 1 aliphatic heterocycles. The van der Waals surface area contributed by atoms with Crippen LogP contribution in [0.2, 0.25) is 0 Å². The normalized spacial score (nSPS) is 18.9. The predicted molar refractivity (Wildman–Crippen MR) is 84.2 cm³/mol. The summed E-state index contributed by atoms with van der Waals surface area (Å²) >= 11 is 0. The van der Waals surface area contributed by atoms with E-state index in [0.29, 0.717) is 13.2 Å². The highest BCUT2D eigenvalue weighted by molar-refractivity contribution is 5.34. The molecule has 20 heavy (non-hydrogen) atoms. The lowest BCUT2D eigenvalue weighted by Gasteiger charge is -2.33. The largest absolute Gasteiger partial charge is 0.494 e. The summed E-state index contributed by atoms with van der Waals surface area (Å²) < 4.78 is 5.74. The summed E-state index contributed by atoms with van der Waals surface area (Å²) in [7, 11) is 0. The van der Waals surface area contributed by atoms with Crippen LogP contribution in [-0.2, 0) is 6.42 Å². The molecule has 0 spiro atoms. The third kappa shape index (κ3) is 3.97. The molecule has 1 aromatic rings. The summed E-state index contributed by atoms with van der Waals surface area (Å²) in [6.45, 7) is 9.29. The molecule has 2 rings (SSSR count). The fourth-order valence-corrected chi connectivity index (χ4v) is 3.08. The van der Waals surface area contributed by atoms with Gasteiger partial charge in [-0.2, -0.15) is 0 Å². The van der Waals surface area contributed by atoms with Crippen molar-refractivity contribution in [3.05, 3.63) is 29.8 Å². The topological polar surface area (TPSA) is 38.5 Å². The molecule has 1 fully saturated rings. The van der Waals surface area contributed by atoms with E-state index in [1.807, 2.05) is 13.0 Å². The van der Waals surface area contributed by atoms with Crippen LogP contribution in [-0.4, -0.2) is 37.7 Å². The molecular weight excluding hydrogens is 248 g/mol. The lowest BCUT2D eigenvalue weighted by Crippen LogP contribution is -2.41. The van der Waals surface area contributed by atoms with E-state index in [1.165, 1.54) is 31.5 Å². The van der Waals surface area contributed by atoms with Gasteiger partial charge < -0.3 is 15.4 Å². The highest BCUT2D eigenvalue weighted by Crippen LogP contribution is 2.29. The van der Waals surface area contributed by atoms with E-state index in [0.717, 1.165) is 18.7 Å². The van der Waals surface area contributed by atoms with Crippen LogP contribution in [0.25, 0.3) is 0 Å². The van der Waals surface area contributed by atoms with E-state index in [2.05, 4.69) is 30.0 Å². The fourth-order valence-electron chi connectivity index (χ4n) is 3.08. The van der Waals surface area contributed by atoms with Gasteiger partial charge in [0, 0.05) is 6.54 Å². The number of likely N-dealkylation sites (tertiary alicyclic amines) is 1. The molecule has 3 heteroatoms. The van der Waals surface area contributed by atoms with Crippen LogP contribution < -0.4 is 10.5 Å². The minimum Gasteiger partial charge on any atom is -0.494 e. The molecular formula is C17H28N2O. The fraction of sp³-hybridized carbons (Fsp3) is 0.647. The maximum absolute atomic E-state index is 6.09. The summed E-state index contributed by atoms with van der Waals surface area (Å²) in [5.74, 6) is 1.01. The Hall–Kier alpha value is -1.06. The second-order valence-electron chi connectivity index (χ2n) is 6.22. The van der Waals surface area contributed by atoms with Crippen molar-refractivity contribution >= 4 is 0 Å². The van der Waals surface area contributed by atoms with Gasteiger partial charge in [-0.1, -0.05) is 25.1 Å². The van der Waals surface area contributed by atoms with Gasteiger partial charge in [0.05, 0.1) is 6.61 Å². The van der Waals surface area contributed by atoms with Gasteiger partial charge in [-0.3, -0.25) is 0 Å². The molecule has 1 unspecified atom stereocenters. The van der Waals surface area contributed by atoms with Gasteiger partial charge in [0.2, 0.25) is 0 Å². The monoisotopic (exact) mass is 276 g/mol.